The third-order valence-electron chi connectivity index (χ3n) is 1.42. The van der Waals surface area contributed by atoms with Crippen molar-refractivity contribution < 1.29 is 9.72 Å². The van der Waals surface area contributed by atoms with Crippen molar-refractivity contribution in [2.45, 2.75) is 0 Å². The molecule has 0 atom stereocenters. The van der Waals surface area contributed by atoms with Gasteiger partial charge in [-0.25, -0.2) is 5.43 Å². The third-order valence-corrected chi connectivity index (χ3v) is 1.42. The first-order valence-electron chi connectivity index (χ1n) is 3.70. The van der Waals surface area contributed by atoms with Crippen molar-refractivity contribution in [3.8, 4) is 0 Å². The second-order valence-electron chi connectivity index (χ2n) is 2.36. The van der Waals surface area contributed by atoms with Crippen LogP contribution in [0, 0.1) is 10.1 Å². The first-order chi connectivity index (χ1) is 6.74. The van der Waals surface area contributed by atoms with E-state index in [-0.39, 0.29) is 5.69 Å². The van der Waals surface area contributed by atoms with Crippen LogP contribution in [0.2, 0.25) is 0 Å². The summed E-state index contributed by atoms with van der Waals surface area (Å²) in [5.41, 5.74) is 2.60. The Balaban J connectivity index is 2.83. The Bertz CT molecular complexity index is 376. The number of benzene rings is 1. The number of carbonyl (C=O) groups excluding carboxylic acids is 1. The standard InChI is InChI=1S/C8H7N3O3/c12-6-10-9-5-7-2-1-3-8(4-7)11(13)14/h1-6H,(H,10,12). The molecule has 0 unspecified atom stereocenters. The molecule has 0 radical (unpaired) electrons. The Morgan fingerprint density at radius 3 is 2.93 bits per heavy atom. The fourth-order valence-corrected chi connectivity index (χ4v) is 0.861. The van der Waals surface area contributed by atoms with Gasteiger partial charge in [-0.3, -0.25) is 14.9 Å². The molecule has 72 valence electrons. The summed E-state index contributed by atoms with van der Waals surface area (Å²) < 4.78 is 0. The van der Waals surface area contributed by atoms with Crippen LogP contribution in [0.15, 0.2) is 29.4 Å². The number of non-ortho nitro benzene ring substituents is 1. The summed E-state index contributed by atoms with van der Waals surface area (Å²) in [5.74, 6) is 0. The lowest BCUT2D eigenvalue weighted by atomic mass is 10.2. The van der Waals surface area contributed by atoms with Crippen LogP contribution in [0.1, 0.15) is 5.56 Å². The van der Waals surface area contributed by atoms with Gasteiger partial charge in [0.2, 0.25) is 6.41 Å². The van der Waals surface area contributed by atoms with Gasteiger partial charge in [0.15, 0.2) is 0 Å². The zero-order valence-electron chi connectivity index (χ0n) is 7.08. The van der Waals surface area contributed by atoms with Crippen molar-refractivity contribution in [2.75, 3.05) is 0 Å². The highest BCUT2D eigenvalue weighted by atomic mass is 16.6. The van der Waals surface area contributed by atoms with Crippen LogP contribution in [0.5, 0.6) is 0 Å². The lowest BCUT2D eigenvalue weighted by molar-refractivity contribution is -0.384. The third kappa shape index (κ3) is 2.67. The first kappa shape index (κ1) is 9.85. The van der Waals surface area contributed by atoms with Crippen molar-refractivity contribution in [3.05, 3.63) is 39.9 Å². The molecule has 0 aliphatic rings. The fraction of sp³-hybridized carbons (Fsp3) is 0. The van der Waals surface area contributed by atoms with E-state index in [0.29, 0.717) is 12.0 Å². The predicted octanol–water partition coefficient (Wildman–Crippen LogP) is 0.675. The molecule has 0 aliphatic carbocycles. The van der Waals surface area contributed by atoms with Gasteiger partial charge in [0, 0.05) is 17.7 Å². The van der Waals surface area contributed by atoms with Crippen LogP contribution in [0.3, 0.4) is 0 Å². The monoisotopic (exact) mass is 193 g/mol. The summed E-state index contributed by atoms with van der Waals surface area (Å²) in [7, 11) is 0. The molecular formula is C8H7N3O3. The molecule has 1 N–H and O–H groups in total. The lowest BCUT2D eigenvalue weighted by Gasteiger charge is -1.92. The molecule has 1 aromatic rings. The van der Waals surface area contributed by atoms with E-state index < -0.39 is 4.92 Å². The molecule has 0 aromatic heterocycles. The molecular weight excluding hydrogens is 186 g/mol. The highest BCUT2D eigenvalue weighted by Crippen LogP contribution is 2.11. The highest BCUT2D eigenvalue weighted by molar-refractivity contribution is 5.80. The zero-order chi connectivity index (χ0) is 10.4. The van der Waals surface area contributed by atoms with E-state index >= 15 is 0 Å². The number of nitro benzene ring substituents is 1. The Kier molecular flexibility index (Phi) is 3.31. The van der Waals surface area contributed by atoms with Crippen molar-refractivity contribution in [1.82, 2.24) is 5.43 Å². The van der Waals surface area contributed by atoms with Crippen LogP contribution < -0.4 is 5.43 Å². The average molecular weight is 193 g/mol. The summed E-state index contributed by atoms with van der Waals surface area (Å²) in [6.45, 7) is 0. The van der Waals surface area contributed by atoms with Crippen molar-refractivity contribution in [3.63, 3.8) is 0 Å². The second kappa shape index (κ2) is 4.70. The number of hydrogen-bond donors (Lipinski definition) is 1. The number of rotatable bonds is 4. The number of hydrazone groups is 1. The van der Waals surface area contributed by atoms with Gasteiger partial charge < -0.3 is 0 Å². The van der Waals surface area contributed by atoms with E-state index in [1.165, 1.54) is 18.3 Å². The number of nitro groups is 1. The number of carbonyl (C=O) groups is 1. The van der Waals surface area contributed by atoms with Crippen LogP contribution in [-0.2, 0) is 4.79 Å². The summed E-state index contributed by atoms with van der Waals surface area (Å²) in [6.07, 6.45) is 1.73. The molecule has 6 heteroatoms. The van der Waals surface area contributed by atoms with E-state index in [1.807, 2.05) is 0 Å². The Morgan fingerprint density at radius 1 is 1.50 bits per heavy atom. The predicted molar refractivity (Wildman–Crippen MR) is 49.9 cm³/mol. The Hall–Kier alpha value is -2.24. The minimum Gasteiger partial charge on any atom is -0.277 e. The molecule has 0 heterocycles. The van der Waals surface area contributed by atoms with Crippen LogP contribution in [0.25, 0.3) is 0 Å². The maximum atomic E-state index is 10.4. The zero-order valence-corrected chi connectivity index (χ0v) is 7.08. The lowest BCUT2D eigenvalue weighted by Crippen LogP contribution is -2.00. The number of nitrogens with zero attached hydrogens (tertiary/aromatic N) is 2. The van der Waals surface area contributed by atoms with Crippen molar-refractivity contribution in [1.29, 1.82) is 0 Å². The first-order valence-corrected chi connectivity index (χ1v) is 3.70. The van der Waals surface area contributed by atoms with E-state index in [9.17, 15) is 14.9 Å². The van der Waals surface area contributed by atoms with Gasteiger partial charge in [0.05, 0.1) is 11.1 Å². The summed E-state index contributed by atoms with van der Waals surface area (Å²) in [4.78, 5) is 19.7. The normalized spacial score (nSPS) is 10.0. The molecule has 6 nitrogen and oxygen atoms in total. The van der Waals surface area contributed by atoms with Gasteiger partial charge in [0.1, 0.15) is 0 Å². The summed E-state index contributed by atoms with van der Waals surface area (Å²) in [5, 5.41) is 13.9. The minimum atomic E-state index is -0.496. The van der Waals surface area contributed by atoms with Gasteiger partial charge in [-0.1, -0.05) is 12.1 Å². The Morgan fingerprint density at radius 2 is 2.29 bits per heavy atom. The number of amides is 1. The SMILES string of the molecule is O=CNN=Cc1cccc([N+](=O)[O-])c1. The van der Waals surface area contributed by atoms with Gasteiger partial charge in [-0.15, -0.1) is 0 Å². The second-order valence-corrected chi connectivity index (χ2v) is 2.36. The summed E-state index contributed by atoms with van der Waals surface area (Å²) >= 11 is 0. The smallest absolute Gasteiger partial charge is 0.270 e. The van der Waals surface area contributed by atoms with E-state index in [2.05, 4.69) is 10.5 Å². The van der Waals surface area contributed by atoms with Gasteiger partial charge >= 0.3 is 0 Å². The van der Waals surface area contributed by atoms with Crippen LogP contribution >= 0.6 is 0 Å². The van der Waals surface area contributed by atoms with Crippen LogP contribution in [-0.4, -0.2) is 17.5 Å². The maximum Gasteiger partial charge on any atom is 0.270 e. The Labute approximate surface area is 79.4 Å². The molecule has 0 saturated carbocycles. The molecule has 1 amide bonds. The molecule has 0 saturated heterocycles. The van der Waals surface area contributed by atoms with Crippen molar-refractivity contribution >= 4 is 18.3 Å². The molecule has 0 fully saturated rings. The topological polar surface area (TPSA) is 84.6 Å². The number of nitrogens with one attached hydrogen (secondary N) is 1. The van der Waals surface area contributed by atoms with Crippen molar-refractivity contribution in [2.24, 2.45) is 5.10 Å². The van der Waals surface area contributed by atoms with E-state index in [1.54, 1.807) is 12.1 Å². The van der Waals surface area contributed by atoms with Gasteiger partial charge in [-0.05, 0) is 0 Å². The average Bonchev–Trinajstić information content (AvgIpc) is 2.19. The molecule has 0 bridgehead atoms. The molecule has 0 spiro atoms. The largest absolute Gasteiger partial charge is 0.277 e. The molecule has 1 aromatic carbocycles. The molecule has 14 heavy (non-hydrogen) atoms. The maximum absolute atomic E-state index is 10.4. The minimum absolute atomic E-state index is 0.0138. The summed E-state index contributed by atoms with van der Waals surface area (Å²) in [6, 6.07) is 5.92. The van der Waals surface area contributed by atoms with E-state index in [4.69, 9.17) is 0 Å². The van der Waals surface area contributed by atoms with Gasteiger partial charge in [-0.2, -0.15) is 5.10 Å². The van der Waals surface area contributed by atoms with E-state index in [0.717, 1.165) is 0 Å². The highest BCUT2D eigenvalue weighted by Gasteiger charge is 2.03. The number of hydrogen-bond acceptors (Lipinski definition) is 4. The van der Waals surface area contributed by atoms with Gasteiger partial charge in [0.25, 0.3) is 5.69 Å². The quantitative estimate of drug-likeness (QED) is 0.330. The molecule has 1 rings (SSSR count). The fourth-order valence-electron chi connectivity index (χ4n) is 0.861. The molecule has 0 aliphatic heterocycles. The van der Waals surface area contributed by atoms with Crippen LogP contribution in [0.4, 0.5) is 5.69 Å².